The third-order valence-electron chi connectivity index (χ3n) is 6.54. The molecule has 0 heterocycles. The molecule has 1 aromatic carbocycles. The van der Waals surface area contributed by atoms with Gasteiger partial charge in [-0.05, 0) is 101 Å². The fourth-order valence-corrected chi connectivity index (χ4v) is 4.68. The van der Waals surface area contributed by atoms with Crippen LogP contribution in [0.5, 0.6) is 0 Å². The van der Waals surface area contributed by atoms with Crippen molar-refractivity contribution in [3.63, 3.8) is 0 Å². The monoisotopic (exact) mass is 400 g/mol. The van der Waals surface area contributed by atoms with Crippen LogP contribution >= 0.6 is 0 Å². The zero-order valence-electron chi connectivity index (χ0n) is 19.0. The highest BCUT2D eigenvalue weighted by Crippen LogP contribution is 2.42. The van der Waals surface area contributed by atoms with Gasteiger partial charge >= 0.3 is 6.09 Å². The average molecular weight is 401 g/mol. The van der Waals surface area contributed by atoms with Crippen molar-refractivity contribution in [3.05, 3.63) is 29.8 Å². The smallest absolute Gasteiger partial charge is 0.407 e. The average Bonchev–Trinajstić information content (AvgIpc) is 2.63. The Kier molecular flexibility index (Phi) is 6.80. The van der Waals surface area contributed by atoms with E-state index in [9.17, 15) is 4.79 Å². The molecule has 1 aromatic rings. The standard InChI is InChI=1S/C25H40N2O2/c1-24(2,3)29-23(28)27-22-12-10-21(11-13-22)26-20-8-6-18(7-9-20)19-14-16-25(4,5)17-15-19/h6-9,19,21-22,26H,10-17H2,1-5H3,(H,27,28). The first-order chi connectivity index (χ1) is 13.6. The molecule has 4 heteroatoms. The lowest BCUT2D eigenvalue weighted by Gasteiger charge is -2.34. The largest absolute Gasteiger partial charge is 0.444 e. The molecule has 0 aromatic heterocycles. The van der Waals surface area contributed by atoms with E-state index in [1.807, 2.05) is 20.8 Å². The zero-order chi connectivity index (χ0) is 21.1. The van der Waals surface area contributed by atoms with Gasteiger partial charge in [-0.25, -0.2) is 4.79 Å². The Morgan fingerprint density at radius 2 is 1.48 bits per heavy atom. The summed E-state index contributed by atoms with van der Waals surface area (Å²) in [5.74, 6) is 0.728. The molecule has 0 atom stereocenters. The first kappa shape index (κ1) is 22.0. The molecule has 2 aliphatic rings. The maximum atomic E-state index is 11.9. The van der Waals surface area contributed by atoms with Crippen LogP contribution in [0.25, 0.3) is 0 Å². The van der Waals surface area contributed by atoms with E-state index in [-0.39, 0.29) is 12.1 Å². The Morgan fingerprint density at radius 3 is 2.03 bits per heavy atom. The Hall–Kier alpha value is -1.71. The van der Waals surface area contributed by atoms with E-state index in [1.54, 1.807) is 0 Å². The summed E-state index contributed by atoms with van der Waals surface area (Å²) in [6, 6.07) is 9.84. The summed E-state index contributed by atoms with van der Waals surface area (Å²) >= 11 is 0. The Morgan fingerprint density at radius 1 is 0.931 bits per heavy atom. The van der Waals surface area contributed by atoms with E-state index in [2.05, 4.69) is 48.7 Å². The van der Waals surface area contributed by atoms with Crippen LogP contribution in [0.1, 0.15) is 97.5 Å². The lowest BCUT2D eigenvalue weighted by molar-refractivity contribution is 0.0492. The first-order valence-corrected chi connectivity index (χ1v) is 11.5. The number of nitrogens with one attached hydrogen (secondary N) is 2. The summed E-state index contributed by atoms with van der Waals surface area (Å²) in [4.78, 5) is 11.9. The topological polar surface area (TPSA) is 50.4 Å². The molecule has 29 heavy (non-hydrogen) atoms. The normalized spacial score (nSPS) is 25.3. The van der Waals surface area contributed by atoms with E-state index < -0.39 is 5.60 Å². The summed E-state index contributed by atoms with van der Waals surface area (Å²) in [7, 11) is 0. The van der Waals surface area contributed by atoms with Crippen molar-refractivity contribution in [3.8, 4) is 0 Å². The van der Waals surface area contributed by atoms with Gasteiger partial charge in [0.25, 0.3) is 0 Å². The quantitative estimate of drug-likeness (QED) is 0.597. The van der Waals surface area contributed by atoms with Crippen LogP contribution in [-0.4, -0.2) is 23.8 Å². The predicted molar refractivity (Wildman–Crippen MR) is 120 cm³/mol. The van der Waals surface area contributed by atoms with Crippen LogP contribution in [0.4, 0.5) is 10.5 Å². The SMILES string of the molecule is CC1(C)CCC(c2ccc(NC3CCC(NC(=O)OC(C)(C)C)CC3)cc2)CC1. The Balaban J connectivity index is 1.42. The first-order valence-electron chi connectivity index (χ1n) is 11.5. The molecular formula is C25H40N2O2. The predicted octanol–water partition coefficient (Wildman–Crippen LogP) is 6.62. The van der Waals surface area contributed by atoms with Crippen molar-refractivity contribution in [2.24, 2.45) is 5.41 Å². The summed E-state index contributed by atoms with van der Waals surface area (Å²) in [5, 5.41) is 6.71. The number of benzene rings is 1. The lowest BCUT2D eigenvalue weighted by Crippen LogP contribution is -2.42. The Labute approximate surface area is 177 Å². The fraction of sp³-hybridized carbons (Fsp3) is 0.720. The van der Waals surface area contributed by atoms with Crippen molar-refractivity contribution in [2.75, 3.05) is 5.32 Å². The van der Waals surface area contributed by atoms with E-state index >= 15 is 0 Å². The molecule has 2 saturated carbocycles. The number of carbonyl (C=O) groups is 1. The van der Waals surface area contributed by atoms with Crippen LogP contribution < -0.4 is 10.6 Å². The van der Waals surface area contributed by atoms with Crippen LogP contribution in [0.3, 0.4) is 0 Å². The maximum absolute atomic E-state index is 11.9. The number of anilines is 1. The molecule has 2 fully saturated rings. The van der Waals surface area contributed by atoms with Crippen molar-refractivity contribution in [1.82, 2.24) is 5.32 Å². The van der Waals surface area contributed by atoms with Gasteiger partial charge in [0.05, 0.1) is 0 Å². The minimum absolute atomic E-state index is 0.223. The lowest BCUT2D eigenvalue weighted by atomic mass is 9.71. The van der Waals surface area contributed by atoms with Crippen LogP contribution in [0, 0.1) is 5.41 Å². The number of carbonyl (C=O) groups excluding carboxylic acids is 1. The molecule has 0 unspecified atom stereocenters. The van der Waals surface area contributed by atoms with Gasteiger partial charge in [-0.15, -0.1) is 0 Å². The molecule has 1 amide bonds. The van der Waals surface area contributed by atoms with Crippen molar-refractivity contribution >= 4 is 11.8 Å². The minimum atomic E-state index is -0.442. The molecule has 0 saturated heterocycles. The van der Waals surface area contributed by atoms with Crippen LogP contribution in [0.15, 0.2) is 24.3 Å². The second-order valence-electron chi connectivity index (χ2n) is 10.9. The third-order valence-corrected chi connectivity index (χ3v) is 6.54. The van der Waals surface area contributed by atoms with Crippen LogP contribution in [0.2, 0.25) is 0 Å². The maximum Gasteiger partial charge on any atom is 0.407 e. The number of hydrogen-bond acceptors (Lipinski definition) is 3. The fourth-order valence-electron chi connectivity index (χ4n) is 4.68. The van der Waals surface area contributed by atoms with Crippen LogP contribution in [-0.2, 0) is 4.74 Å². The van der Waals surface area contributed by atoms with E-state index in [4.69, 9.17) is 4.74 Å². The van der Waals surface area contributed by atoms with E-state index in [0.717, 1.165) is 31.6 Å². The van der Waals surface area contributed by atoms with Gasteiger partial charge in [0.1, 0.15) is 5.60 Å². The molecule has 0 aliphatic heterocycles. The van der Waals surface area contributed by atoms with Gasteiger partial charge in [-0.1, -0.05) is 26.0 Å². The Bertz CT molecular complexity index is 657. The summed E-state index contributed by atoms with van der Waals surface area (Å²) in [5.41, 5.74) is 2.79. The number of rotatable bonds is 4. The second kappa shape index (κ2) is 8.97. The van der Waals surface area contributed by atoms with Crippen molar-refractivity contribution < 1.29 is 9.53 Å². The molecule has 4 nitrogen and oxygen atoms in total. The van der Waals surface area contributed by atoms with Gasteiger partial charge in [-0.2, -0.15) is 0 Å². The molecular weight excluding hydrogens is 360 g/mol. The highest BCUT2D eigenvalue weighted by Gasteiger charge is 2.28. The number of hydrogen-bond donors (Lipinski definition) is 2. The molecule has 2 N–H and O–H groups in total. The van der Waals surface area contributed by atoms with Gasteiger partial charge < -0.3 is 15.4 Å². The van der Waals surface area contributed by atoms with Gasteiger partial charge in [0.15, 0.2) is 0 Å². The molecule has 0 spiro atoms. The van der Waals surface area contributed by atoms with E-state index in [0.29, 0.717) is 11.5 Å². The van der Waals surface area contributed by atoms with Crippen molar-refractivity contribution in [1.29, 1.82) is 0 Å². The molecule has 3 rings (SSSR count). The van der Waals surface area contributed by atoms with E-state index in [1.165, 1.54) is 36.9 Å². The highest BCUT2D eigenvalue weighted by molar-refractivity contribution is 5.68. The minimum Gasteiger partial charge on any atom is -0.444 e. The molecule has 0 bridgehead atoms. The zero-order valence-corrected chi connectivity index (χ0v) is 19.0. The summed E-state index contributed by atoms with van der Waals surface area (Å²) < 4.78 is 5.37. The van der Waals surface area contributed by atoms with Crippen molar-refractivity contribution in [2.45, 2.75) is 110 Å². The summed E-state index contributed by atoms with van der Waals surface area (Å²) in [6.07, 6.45) is 9.12. The highest BCUT2D eigenvalue weighted by atomic mass is 16.6. The molecule has 0 radical (unpaired) electrons. The molecule has 2 aliphatic carbocycles. The number of amides is 1. The third kappa shape index (κ3) is 6.94. The summed E-state index contributed by atoms with van der Waals surface area (Å²) in [6.45, 7) is 10.5. The van der Waals surface area contributed by atoms with Gasteiger partial charge in [0, 0.05) is 17.8 Å². The number of alkyl carbamates (subject to hydrolysis) is 1. The second-order valence-corrected chi connectivity index (χ2v) is 10.9. The molecule has 162 valence electrons. The number of ether oxygens (including phenoxy) is 1. The van der Waals surface area contributed by atoms with Gasteiger partial charge in [-0.3, -0.25) is 0 Å². The van der Waals surface area contributed by atoms with Gasteiger partial charge in [0.2, 0.25) is 0 Å².